The summed E-state index contributed by atoms with van der Waals surface area (Å²) in [6, 6.07) is 4.82. The van der Waals surface area contributed by atoms with Crippen LogP contribution in [0.5, 0.6) is 0 Å². The minimum Gasteiger partial charge on any atom is -0.462 e. The number of anilines is 4. The molecular weight excluding hydrogens is 935 g/mol. The fourth-order valence-corrected chi connectivity index (χ4v) is 11.6. The molecule has 1 atom stereocenters. The zero-order valence-corrected chi connectivity index (χ0v) is 43.0. The molecule has 0 radical (unpaired) electrons. The minimum absolute atomic E-state index is 0.0366. The highest BCUT2D eigenvalue weighted by Gasteiger charge is 2.45. The van der Waals surface area contributed by atoms with Crippen LogP contribution in [0.4, 0.5) is 23.1 Å². The molecule has 1 unspecified atom stereocenters. The molecule has 5 fully saturated rings. The minimum atomic E-state index is -0.987. The molecule has 2 aromatic heterocycles. The van der Waals surface area contributed by atoms with E-state index in [2.05, 4.69) is 40.7 Å². The third-order valence-electron chi connectivity index (χ3n) is 15.8. The zero-order chi connectivity index (χ0) is 51.6. The van der Waals surface area contributed by atoms with Crippen LogP contribution < -0.4 is 20.9 Å². The normalized spacial score (nSPS) is 22.6. The summed E-state index contributed by atoms with van der Waals surface area (Å²) >= 11 is 0. The van der Waals surface area contributed by atoms with E-state index in [-0.39, 0.29) is 49.3 Å². The zero-order valence-electron chi connectivity index (χ0n) is 43.0. The molecule has 7 heterocycles. The third kappa shape index (κ3) is 11.5. The average Bonchev–Trinajstić information content (AvgIpc) is 3.90. The van der Waals surface area contributed by atoms with Gasteiger partial charge in [0.1, 0.15) is 17.4 Å². The largest absolute Gasteiger partial charge is 0.462 e. The molecule has 1 aromatic carbocycles. The number of piperazine rings is 2. The number of carbonyl (C=O) groups excluding carboxylic acids is 7. The monoisotopic (exact) mass is 1010 g/mol. The summed E-state index contributed by atoms with van der Waals surface area (Å²) < 4.78 is 7.07. The summed E-state index contributed by atoms with van der Waals surface area (Å²) in [7, 11) is 1.83. The highest BCUT2D eigenvalue weighted by molar-refractivity contribution is 6.23. The van der Waals surface area contributed by atoms with Gasteiger partial charge in [-0.15, -0.1) is 0 Å². The average molecular weight is 1010 g/mol. The first-order chi connectivity index (χ1) is 35.0. The van der Waals surface area contributed by atoms with Crippen LogP contribution in [-0.4, -0.2) is 182 Å². The van der Waals surface area contributed by atoms with Crippen molar-refractivity contribution in [3.8, 4) is 0 Å². The second kappa shape index (κ2) is 21.9. The molecule has 4 saturated heterocycles. The van der Waals surface area contributed by atoms with E-state index < -0.39 is 41.1 Å². The number of nitrogens with one attached hydrogen (secondary N) is 3. The Morgan fingerprint density at radius 3 is 2.22 bits per heavy atom. The number of nitrogens with zero attached hydrogens (tertiary/aromatic N) is 10. The molecule has 0 bridgehead atoms. The van der Waals surface area contributed by atoms with E-state index in [0.29, 0.717) is 66.7 Å². The van der Waals surface area contributed by atoms with Crippen LogP contribution in [0, 0.1) is 18.3 Å². The molecule has 21 nitrogen and oxygen atoms in total. The molecule has 73 heavy (non-hydrogen) atoms. The molecule has 1 saturated carbocycles. The molecule has 0 spiro atoms. The number of hydrogen-bond acceptors (Lipinski definition) is 16. The second-order valence-corrected chi connectivity index (χ2v) is 21.3. The summed E-state index contributed by atoms with van der Waals surface area (Å²) in [5.74, 6) is -1.04. The molecule has 3 N–H and O–H groups in total. The van der Waals surface area contributed by atoms with Crippen molar-refractivity contribution in [2.75, 3.05) is 94.1 Å². The molecular formula is C52H71N13O8. The Kier molecular flexibility index (Phi) is 15.4. The summed E-state index contributed by atoms with van der Waals surface area (Å²) in [6.07, 6.45) is 10.6. The first kappa shape index (κ1) is 51.4. The number of likely N-dealkylation sites (tertiary alicyclic amines) is 1. The quantitative estimate of drug-likeness (QED) is 0.146. The van der Waals surface area contributed by atoms with Gasteiger partial charge in [-0.2, -0.15) is 10.1 Å². The number of imide groups is 2. The number of ether oxygens (including phenoxy) is 1. The first-order valence-corrected chi connectivity index (χ1v) is 26.3. The van der Waals surface area contributed by atoms with E-state index in [9.17, 15) is 33.6 Å². The van der Waals surface area contributed by atoms with E-state index in [1.807, 2.05) is 43.0 Å². The van der Waals surface area contributed by atoms with Gasteiger partial charge in [0.2, 0.25) is 29.6 Å². The maximum atomic E-state index is 14.0. The Hall–Kier alpha value is -6.48. The highest BCUT2D eigenvalue weighted by Crippen LogP contribution is 2.34. The van der Waals surface area contributed by atoms with Gasteiger partial charge in [-0.25, -0.2) is 9.78 Å². The van der Waals surface area contributed by atoms with Crippen molar-refractivity contribution in [1.82, 2.24) is 49.6 Å². The topological polar surface area (TPSA) is 228 Å². The fourth-order valence-electron chi connectivity index (χ4n) is 11.6. The smallest absolute Gasteiger partial charge is 0.343 e. The first-order valence-electron chi connectivity index (χ1n) is 26.3. The van der Waals surface area contributed by atoms with Gasteiger partial charge in [-0.1, -0.05) is 13.8 Å². The molecule has 5 aliphatic heterocycles. The van der Waals surface area contributed by atoms with Crippen LogP contribution in [0.2, 0.25) is 0 Å². The van der Waals surface area contributed by atoms with Crippen molar-refractivity contribution < 1.29 is 38.3 Å². The molecule has 21 heteroatoms. The summed E-state index contributed by atoms with van der Waals surface area (Å²) in [4.78, 5) is 113. The van der Waals surface area contributed by atoms with Crippen molar-refractivity contribution in [2.24, 2.45) is 18.4 Å². The Labute approximate surface area is 426 Å². The summed E-state index contributed by atoms with van der Waals surface area (Å²) in [5, 5.41) is 13.2. The number of benzene rings is 1. The fraction of sp³-hybridized carbons (Fsp3) is 0.615. The Bertz CT molecular complexity index is 2590. The van der Waals surface area contributed by atoms with Gasteiger partial charge < -0.3 is 30.1 Å². The predicted molar refractivity (Wildman–Crippen MR) is 271 cm³/mol. The van der Waals surface area contributed by atoms with E-state index >= 15 is 0 Å². The highest BCUT2D eigenvalue weighted by atomic mass is 16.5. The van der Waals surface area contributed by atoms with Gasteiger partial charge in [0.25, 0.3) is 11.8 Å². The summed E-state index contributed by atoms with van der Waals surface area (Å²) in [5.41, 5.74) is 2.24. The van der Waals surface area contributed by atoms with E-state index in [1.165, 1.54) is 0 Å². The van der Waals surface area contributed by atoms with Crippen LogP contribution in [-0.2, 0) is 31.0 Å². The van der Waals surface area contributed by atoms with E-state index in [4.69, 9.17) is 9.72 Å². The lowest BCUT2D eigenvalue weighted by atomic mass is 9.85. The number of rotatable bonds is 15. The van der Waals surface area contributed by atoms with E-state index in [0.717, 1.165) is 107 Å². The molecule has 9 rings (SSSR count). The molecule has 6 aliphatic rings. The number of piperidine rings is 2. The Balaban J connectivity index is 0.672. The van der Waals surface area contributed by atoms with Gasteiger partial charge in [0, 0.05) is 109 Å². The van der Waals surface area contributed by atoms with Crippen LogP contribution >= 0.6 is 0 Å². The third-order valence-corrected chi connectivity index (χ3v) is 15.8. The number of amides is 6. The summed E-state index contributed by atoms with van der Waals surface area (Å²) in [6.45, 7) is 16.1. The second-order valence-electron chi connectivity index (χ2n) is 21.3. The number of hydrogen-bond donors (Lipinski definition) is 3. The molecule has 1 aliphatic carbocycles. The van der Waals surface area contributed by atoms with Crippen molar-refractivity contribution in [2.45, 2.75) is 110 Å². The molecule has 3 aromatic rings. The van der Waals surface area contributed by atoms with Crippen LogP contribution in [0.15, 0.2) is 30.6 Å². The number of esters is 1. The van der Waals surface area contributed by atoms with Crippen molar-refractivity contribution >= 4 is 64.6 Å². The Morgan fingerprint density at radius 2 is 1.55 bits per heavy atom. The molecule has 6 amide bonds. The van der Waals surface area contributed by atoms with Gasteiger partial charge in [0.05, 0.1) is 40.7 Å². The van der Waals surface area contributed by atoms with Crippen LogP contribution in [0.1, 0.15) is 122 Å². The van der Waals surface area contributed by atoms with Crippen molar-refractivity contribution in [3.05, 3.63) is 53.0 Å². The lowest BCUT2D eigenvalue weighted by Crippen LogP contribution is -2.55. The number of aryl methyl sites for hydroxylation is 2. The van der Waals surface area contributed by atoms with Gasteiger partial charge in [0.15, 0.2) is 0 Å². The lowest BCUT2D eigenvalue weighted by Gasteiger charge is -2.43. The number of aromatic nitrogens is 4. The van der Waals surface area contributed by atoms with E-state index in [1.54, 1.807) is 36.9 Å². The van der Waals surface area contributed by atoms with Gasteiger partial charge in [-0.05, 0) is 95.9 Å². The lowest BCUT2D eigenvalue weighted by molar-refractivity contribution is -0.148. The van der Waals surface area contributed by atoms with Crippen LogP contribution in [0.25, 0.3) is 0 Å². The van der Waals surface area contributed by atoms with Crippen LogP contribution in [0.3, 0.4) is 0 Å². The van der Waals surface area contributed by atoms with Gasteiger partial charge in [-0.3, -0.25) is 53.5 Å². The van der Waals surface area contributed by atoms with Crippen molar-refractivity contribution in [3.63, 3.8) is 0 Å². The Morgan fingerprint density at radius 1 is 0.836 bits per heavy atom. The van der Waals surface area contributed by atoms with Crippen molar-refractivity contribution in [1.29, 1.82) is 0 Å². The standard InChI is InChI=1S/C52H71N13O8/c1-6-73-49(71)44-33(2)54-51(56-36-31-53-59(5)32-36)58-45(44)55-35-7-9-37(10-8-35)61-25-27-64(28-26-61)50(72)52(3,4)30-43(67)63-19-16-34(17-20-63)15-18-60-21-23-62(24-22-60)38-11-12-39-40(29-38)48(70)65(47(39)69)41-13-14-42(66)57-46(41)68/h11-12,29,31-32,34-35,37,41H,6-10,13-28,30H2,1-5H3,(H,57,66,68)(H2,54,55,56,58). The SMILES string of the molecule is CCOC(=O)c1c(C)nc(Nc2cnn(C)c2)nc1NC1CCC(N2CCN(C(=O)C(C)(C)CC(=O)N3CCC(CCN4CCN(c5ccc6c(c5)C(=O)N(C5CCC(=O)NC5=O)C6=O)CC4)CC3)CC2)CC1. The van der Waals surface area contributed by atoms with Gasteiger partial charge >= 0.3 is 5.97 Å². The predicted octanol–water partition coefficient (Wildman–Crippen LogP) is 3.57. The maximum absolute atomic E-state index is 14.0. The maximum Gasteiger partial charge on any atom is 0.343 e. The number of carbonyl (C=O) groups is 7. The molecule has 392 valence electrons. The number of fused-ring (bicyclic) bond motifs is 1.